The molecule has 0 amide bonds. The smallest absolute Gasteiger partial charge is 0.165 e. The zero-order valence-corrected chi connectivity index (χ0v) is 8.79. The van der Waals surface area contributed by atoms with Crippen LogP contribution < -0.4 is 16.0 Å². The summed E-state index contributed by atoms with van der Waals surface area (Å²) in [5.74, 6) is 5.13. The Bertz CT molecular complexity index is 320. The summed E-state index contributed by atoms with van der Waals surface area (Å²) < 4.78 is 23.1. The first kappa shape index (κ1) is 11.9. The van der Waals surface area contributed by atoms with E-state index in [2.05, 4.69) is 5.43 Å². The predicted octanol–water partition coefficient (Wildman–Crippen LogP) is 0.985. The van der Waals surface area contributed by atoms with E-state index in [0.29, 0.717) is 6.61 Å². The standard InChI is InChI=1S/C10H15FN2O2/c1-14-6-9(13-12)7-3-4-10(15-2)8(11)5-7/h3-5,9,13H,6,12H2,1-2H3. The Labute approximate surface area is 88.1 Å². The molecule has 1 aromatic rings. The summed E-state index contributed by atoms with van der Waals surface area (Å²) in [6, 6.07) is 4.45. The van der Waals surface area contributed by atoms with Crippen LogP contribution >= 0.6 is 0 Å². The topological polar surface area (TPSA) is 56.5 Å². The molecule has 1 atom stereocenters. The molecule has 1 rings (SSSR count). The SMILES string of the molecule is COCC(NN)c1ccc(OC)c(F)c1. The first-order chi connectivity index (χ1) is 7.22. The monoisotopic (exact) mass is 214 g/mol. The fraction of sp³-hybridized carbons (Fsp3) is 0.400. The largest absolute Gasteiger partial charge is 0.494 e. The van der Waals surface area contributed by atoms with Crippen molar-refractivity contribution in [1.29, 1.82) is 0 Å². The van der Waals surface area contributed by atoms with E-state index in [1.807, 2.05) is 0 Å². The molecule has 84 valence electrons. The second-order valence-corrected chi connectivity index (χ2v) is 3.07. The number of rotatable bonds is 5. The number of nitrogens with one attached hydrogen (secondary N) is 1. The molecule has 0 aromatic heterocycles. The normalized spacial score (nSPS) is 12.5. The van der Waals surface area contributed by atoms with Crippen molar-refractivity contribution in [2.24, 2.45) is 5.84 Å². The van der Waals surface area contributed by atoms with E-state index >= 15 is 0 Å². The molecule has 0 aliphatic carbocycles. The van der Waals surface area contributed by atoms with Crippen molar-refractivity contribution < 1.29 is 13.9 Å². The van der Waals surface area contributed by atoms with Gasteiger partial charge in [0.25, 0.3) is 0 Å². The van der Waals surface area contributed by atoms with Crippen LogP contribution in [0.3, 0.4) is 0 Å². The molecule has 0 saturated heterocycles. The maximum Gasteiger partial charge on any atom is 0.165 e. The molecule has 0 radical (unpaired) electrons. The lowest BCUT2D eigenvalue weighted by Crippen LogP contribution is -2.31. The van der Waals surface area contributed by atoms with Gasteiger partial charge in [0.1, 0.15) is 0 Å². The third-order valence-corrected chi connectivity index (χ3v) is 2.11. The molecule has 5 heteroatoms. The van der Waals surface area contributed by atoms with Crippen LogP contribution in [-0.4, -0.2) is 20.8 Å². The maximum absolute atomic E-state index is 13.4. The molecule has 0 spiro atoms. The minimum absolute atomic E-state index is 0.215. The van der Waals surface area contributed by atoms with Crippen molar-refractivity contribution in [3.8, 4) is 5.75 Å². The van der Waals surface area contributed by atoms with E-state index in [1.165, 1.54) is 13.2 Å². The zero-order chi connectivity index (χ0) is 11.3. The summed E-state index contributed by atoms with van der Waals surface area (Å²) in [7, 11) is 2.98. The fourth-order valence-electron chi connectivity index (χ4n) is 1.31. The highest BCUT2D eigenvalue weighted by Gasteiger charge is 2.12. The Balaban J connectivity index is 2.89. The molecule has 1 aromatic carbocycles. The summed E-state index contributed by atoms with van der Waals surface area (Å²) in [4.78, 5) is 0. The molecule has 0 fully saturated rings. The summed E-state index contributed by atoms with van der Waals surface area (Å²) in [6.07, 6.45) is 0. The third kappa shape index (κ3) is 2.89. The molecule has 0 heterocycles. The number of halogens is 1. The molecular formula is C10H15FN2O2. The predicted molar refractivity (Wildman–Crippen MR) is 54.9 cm³/mol. The molecule has 0 bridgehead atoms. The van der Waals surface area contributed by atoms with Crippen molar-refractivity contribution >= 4 is 0 Å². The van der Waals surface area contributed by atoms with Gasteiger partial charge in [0.2, 0.25) is 0 Å². The highest BCUT2D eigenvalue weighted by atomic mass is 19.1. The van der Waals surface area contributed by atoms with Crippen molar-refractivity contribution in [3.05, 3.63) is 29.6 Å². The molecule has 0 aliphatic heterocycles. The van der Waals surface area contributed by atoms with Gasteiger partial charge in [-0.15, -0.1) is 0 Å². The highest BCUT2D eigenvalue weighted by molar-refractivity contribution is 5.31. The van der Waals surface area contributed by atoms with Gasteiger partial charge in [0.15, 0.2) is 11.6 Å². The fourth-order valence-corrected chi connectivity index (χ4v) is 1.31. The number of nitrogens with two attached hydrogens (primary N) is 1. The maximum atomic E-state index is 13.4. The van der Waals surface area contributed by atoms with E-state index in [1.54, 1.807) is 19.2 Å². The molecule has 15 heavy (non-hydrogen) atoms. The van der Waals surface area contributed by atoms with E-state index < -0.39 is 5.82 Å². The minimum atomic E-state index is -0.411. The van der Waals surface area contributed by atoms with Crippen LogP contribution in [0.25, 0.3) is 0 Å². The van der Waals surface area contributed by atoms with Crippen LogP contribution in [0.1, 0.15) is 11.6 Å². The summed E-state index contributed by atoms with van der Waals surface area (Å²) in [5, 5.41) is 0. The van der Waals surface area contributed by atoms with Gasteiger partial charge >= 0.3 is 0 Å². The lowest BCUT2D eigenvalue weighted by atomic mass is 10.1. The Hall–Kier alpha value is -1.17. The lowest BCUT2D eigenvalue weighted by molar-refractivity contribution is 0.167. The minimum Gasteiger partial charge on any atom is -0.494 e. The van der Waals surface area contributed by atoms with Gasteiger partial charge in [-0.2, -0.15) is 0 Å². The van der Waals surface area contributed by atoms with Gasteiger partial charge in [-0.05, 0) is 17.7 Å². The average Bonchev–Trinajstić information content (AvgIpc) is 2.25. The number of benzene rings is 1. The number of hydrogen-bond acceptors (Lipinski definition) is 4. The molecule has 1 unspecified atom stereocenters. The van der Waals surface area contributed by atoms with Crippen LogP contribution in [0, 0.1) is 5.82 Å². The number of ether oxygens (including phenoxy) is 2. The van der Waals surface area contributed by atoms with E-state index in [-0.39, 0.29) is 11.8 Å². The van der Waals surface area contributed by atoms with Crippen LogP contribution in [-0.2, 0) is 4.74 Å². The number of hydrogen-bond donors (Lipinski definition) is 2. The van der Waals surface area contributed by atoms with E-state index in [4.69, 9.17) is 15.3 Å². The van der Waals surface area contributed by atoms with Gasteiger partial charge in [-0.1, -0.05) is 6.07 Å². The molecule has 4 nitrogen and oxygen atoms in total. The molecular weight excluding hydrogens is 199 g/mol. The van der Waals surface area contributed by atoms with Gasteiger partial charge in [0.05, 0.1) is 19.8 Å². The third-order valence-electron chi connectivity index (χ3n) is 2.11. The summed E-state index contributed by atoms with van der Waals surface area (Å²) in [5.41, 5.74) is 3.27. The van der Waals surface area contributed by atoms with Crippen molar-refractivity contribution in [3.63, 3.8) is 0 Å². The van der Waals surface area contributed by atoms with Gasteiger partial charge in [0, 0.05) is 7.11 Å². The second kappa shape index (κ2) is 5.65. The Morgan fingerprint density at radius 3 is 2.67 bits per heavy atom. The van der Waals surface area contributed by atoms with Crippen LogP contribution in [0.4, 0.5) is 4.39 Å². The van der Waals surface area contributed by atoms with Crippen molar-refractivity contribution in [2.45, 2.75) is 6.04 Å². The van der Waals surface area contributed by atoms with Crippen LogP contribution in [0.15, 0.2) is 18.2 Å². The highest BCUT2D eigenvalue weighted by Crippen LogP contribution is 2.21. The van der Waals surface area contributed by atoms with E-state index in [0.717, 1.165) is 5.56 Å². The van der Waals surface area contributed by atoms with Crippen LogP contribution in [0.2, 0.25) is 0 Å². The first-order valence-corrected chi connectivity index (χ1v) is 4.51. The second-order valence-electron chi connectivity index (χ2n) is 3.07. The Morgan fingerprint density at radius 1 is 1.47 bits per heavy atom. The van der Waals surface area contributed by atoms with Gasteiger partial charge in [-0.25, -0.2) is 4.39 Å². The van der Waals surface area contributed by atoms with Crippen LogP contribution in [0.5, 0.6) is 5.75 Å². The lowest BCUT2D eigenvalue weighted by Gasteiger charge is -2.15. The first-order valence-electron chi connectivity index (χ1n) is 4.51. The Kier molecular flexibility index (Phi) is 4.48. The number of methoxy groups -OCH3 is 2. The summed E-state index contributed by atoms with van der Waals surface area (Å²) >= 11 is 0. The van der Waals surface area contributed by atoms with Gasteiger partial charge in [-0.3, -0.25) is 11.3 Å². The molecule has 3 N–H and O–H groups in total. The zero-order valence-electron chi connectivity index (χ0n) is 8.79. The van der Waals surface area contributed by atoms with Gasteiger partial charge < -0.3 is 9.47 Å². The summed E-state index contributed by atoms with van der Waals surface area (Å²) in [6.45, 7) is 0.377. The Morgan fingerprint density at radius 2 is 2.20 bits per heavy atom. The average molecular weight is 214 g/mol. The van der Waals surface area contributed by atoms with Crippen molar-refractivity contribution in [2.75, 3.05) is 20.8 Å². The molecule has 0 aliphatic rings. The number of hydrazine groups is 1. The quantitative estimate of drug-likeness (QED) is 0.567. The van der Waals surface area contributed by atoms with E-state index in [9.17, 15) is 4.39 Å². The molecule has 0 saturated carbocycles. The van der Waals surface area contributed by atoms with Crippen molar-refractivity contribution in [1.82, 2.24) is 5.43 Å².